The van der Waals surface area contributed by atoms with Crippen LogP contribution in [0.25, 0.3) is 10.9 Å². The molecule has 1 amide bonds. The van der Waals surface area contributed by atoms with Crippen molar-refractivity contribution in [1.29, 1.82) is 0 Å². The van der Waals surface area contributed by atoms with Crippen molar-refractivity contribution in [3.05, 3.63) is 59.1 Å². The number of ether oxygens (including phenoxy) is 3. The van der Waals surface area contributed by atoms with Gasteiger partial charge in [-0.3, -0.25) is 4.79 Å². The molecular weight excluding hydrogens is 546 g/mol. The van der Waals surface area contributed by atoms with Crippen molar-refractivity contribution in [3.8, 4) is 11.5 Å². The molecule has 2 aromatic carbocycles. The zero-order chi connectivity index (χ0) is 27.1. The Morgan fingerprint density at radius 1 is 1.10 bits per heavy atom. The lowest BCUT2D eigenvalue weighted by molar-refractivity contribution is -0.131. The van der Waals surface area contributed by atoms with E-state index in [1.807, 2.05) is 17.0 Å². The number of nitrogens with zero attached hydrogens (tertiary/aromatic N) is 3. The van der Waals surface area contributed by atoms with E-state index in [0.29, 0.717) is 54.3 Å². The van der Waals surface area contributed by atoms with Gasteiger partial charge in [0.2, 0.25) is 5.91 Å². The first-order valence-electron chi connectivity index (χ1n) is 13.0. The number of hydrogen-bond acceptors (Lipinski definition) is 7. The van der Waals surface area contributed by atoms with E-state index < -0.39 is 5.82 Å². The van der Waals surface area contributed by atoms with Crippen molar-refractivity contribution >= 4 is 51.5 Å². The predicted molar refractivity (Wildman–Crippen MR) is 147 cm³/mol. The van der Waals surface area contributed by atoms with E-state index in [1.165, 1.54) is 24.5 Å². The summed E-state index contributed by atoms with van der Waals surface area (Å²) in [4.78, 5) is 23.1. The molecule has 8 nitrogen and oxygen atoms in total. The number of hydrogen-bond donors (Lipinski definition) is 1. The SMILES string of the molecule is C=CC(=O)N1[C@@H]2CC[C@H]1C[C@H](Oc1cc3c(Nc4ccc(Cl)c(Cl)c4F)ncnc3cc1O[C@@H]1CCOC1)C2. The standard InChI is InChI=1S/C28H27Cl2FN4O4/c1-2-25(36)35-15-3-4-16(35)10-18(9-15)39-23-11-19-22(12-24(23)38-17-7-8-37-13-17)32-14-33-28(19)34-21-6-5-20(29)26(30)27(21)31/h2,5-6,11-12,14-18H,1,3-4,7-10,13H2,(H,32,33,34)/t15-,16+,17-,18-/m1/s1. The number of carbonyl (C=O) groups excluding carboxylic acids is 1. The Balaban J connectivity index is 1.34. The quantitative estimate of drug-likeness (QED) is 0.271. The zero-order valence-electron chi connectivity index (χ0n) is 21.0. The molecule has 11 heteroatoms. The fraction of sp³-hybridized carbons (Fsp3) is 0.393. The second-order valence-electron chi connectivity index (χ2n) is 10.0. The Labute approximate surface area is 235 Å². The second kappa shape index (κ2) is 10.8. The fourth-order valence-electron chi connectivity index (χ4n) is 5.75. The lowest BCUT2D eigenvalue weighted by atomic mass is 9.99. The van der Waals surface area contributed by atoms with Crippen molar-refractivity contribution < 1.29 is 23.4 Å². The third kappa shape index (κ3) is 5.11. The summed E-state index contributed by atoms with van der Waals surface area (Å²) in [5.41, 5.74) is 0.729. The Hall–Kier alpha value is -3.14. The molecule has 2 bridgehead atoms. The first-order chi connectivity index (χ1) is 18.9. The molecule has 0 saturated carbocycles. The summed E-state index contributed by atoms with van der Waals surface area (Å²) in [5, 5.41) is 3.59. The summed E-state index contributed by atoms with van der Waals surface area (Å²) in [6.45, 7) is 4.79. The molecule has 204 valence electrons. The Morgan fingerprint density at radius 3 is 2.56 bits per heavy atom. The van der Waals surface area contributed by atoms with Gasteiger partial charge in [-0.2, -0.15) is 0 Å². The smallest absolute Gasteiger partial charge is 0.246 e. The molecular formula is C28H27Cl2FN4O4. The van der Waals surface area contributed by atoms with Gasteiger partial charge in [-0.15, -0.1) is 0 Å². The summed E-state index contributed by atoms with van der Waals surface area (Å²) >= 11 is 12.0. The molecule has 4 atom stereocenters. The van der Waals surface area contributed by atoms with Crippen LogP contribution in [0.5, 0.6) is 11.5 Å². The summed E-state index contributed by atoms with van der Waals surface area (Å²) in [6.07, 6.45) is 6.67. The summed E-state index contributed by atoms with van der Waals surface area (Å²) in [7, 11) is 0. The highest BCUT2D eigenvalue weighted by molar-refractivity contribution is 6.42. The van der Waals surface area contributed by atoms with E-state index in [9.17, 15) is 9.18 Å². The van der Waals surface area contributed by atoms with E-state index in [0.717, 1.165) is 19.3 Å². The summed E-state index contributed by atoms with van der Waals surface area (Å²) in [5.74, 6) is 0.767. The minimum Gasteiger partial charge on any atom is -0.486 e. The number of benzene rings is 2. The van der Waals surface area contributed by atoms with E-state index >= 15 is 0 Å². The van der Waals surface area contributed by atoms with Crippen LogP contribution in [0.2, 0.25) is 10.0 Å². The van der Waals surface area contributed by atoms with Gasteiger partial charge in [0.05, 0.1) is 34.5 Å². The minimum absolute atomic E-state index is 0.0284. The Morgan fingerprint density at radius 2 is 1.85 bits per heavy atom. The topological polar surface area (TPSA) is 85.8 Å². The third-order valence-corrected chi connectivity index (χ3v) is 8.36. The van der Waals surface area contributed by atoms with Crippen LogP contribution < -0.4 is 14.8 Å². The molecule has 3 aliphatic heterocycles. The second-order valence-corrected chi connectivity index (χ2v) is 10.8. The molecule has 0 radical (unpaired) electrons. The van der Waals surface area contributed by atoms with Crippen LogP contribution in [0, 0.1) is 5.82 Å². The maximum atomic E-state index is 14.8. The zero-order valence-corrected chi connectivity index (χ0v) is 22.6. The maximum Gasteiger partial charge on any atom is 0.246 e. The van der Waals surface area contributed by atoms with Crippen LogP contribution in [-0.2, 0) is 9.53 Å². The van der Waals surface area contributed by atoms with Gasteiger partial charge in [0.1, 0.15) is 24.4 Å². The van der Waals surface area contributed by atoms with Gasteiger partial charge in [0.15, 0.2) is 17.3 Å². The lowest BCUT2D eigenvalue weighted by Gasteiger charge is -2.38. The van der Waals surface area contributed by atoms with Gasteiger partial charge >= 0.3 is 0 Å². The molecule has 0 aliphatic carbocycles. The molecule has 3 saturated heterocycles. The van der Waals surface area contributed by atoms with Crippen LogP contribution in [0.3, 0.4) is 0 Å². The van der Waals surface area contributed by atoms with Gasteiger partial charge in [-0.1, -0.05) is 29.8 Å². The van der Waals surface area contributed by atoms with Gasteiger partial charge in [-0.25, -0.2) is 14.4 Å². The molecule has 1 N–H and O–H groups in total. The first kappa shape index (κ1) is 26.1. The molecule has 3 fully saturated rings. The molecule has 0 unspecified atom stereocenters. The highest BCUT2D eigenvalue weighted by Gasteiger charge is 2.43. The minimum atomic E-state index is -0.676. The molecule has 3 aromatic rings. The number of anilines is 2. The molecule has 3 aliphatic rings. The molecule has 1 aromatic heterocycles. The van der Waals surface area contributed by atoms with E-state index in [-0.39, 0.29) is 45.9 Å². The van der Waals surface area contributed by atoms with Gasteiger partial charge in [0, 0.05) is 42.8 Å². The van der Waals surface area contributed by atoms with E-state index in [2.05, 4.69) is 21.9 Å². The van der Waals surface area contributed by atoms with Gasteiger partial charge < -0.3 is 24.4 Å². The van der Waals surface area contributed by atoms with Gasteiger partial charge in [-0.05, 0) is 37.1 Å². The number of rotatable bonds is 7. The number of amides is 1. The molecule has 39 heavy (non-hydrogen) atoms. The number of carbonyl (C=O) groups is 1. The van der Waals surface area contributed by atoms with Crippen molar-refractivity contribution in [2.24, 2.45) is 0 Å². The molecule has 4 heterocycles. The molecule has 0 spiro atoms. The monoisotopic (exact) mass is 572 g/mol. The maximum absolute atomic E-state index is 14.8. The number of halogens is 3. The van der Waals surface area contributed by atoms with Crippen molar-refractivity contribution in [3.63, 3.8) is 0 Å². The van der Waals surface area contributed by atoms with E-state index in [4.69, 9.17) is 37.4 Å². The summed E-state index contributed by atoms with van der Waals surface area (Å²) < 4.78 is 33.2. The predicted octanol–water partition coefficient (Wildman–Crippen LogP) is 6.07. The number of nitrogens with one attached hydrogen (secondary N) is 1. The highest BCUT2D eigenvalue weighted by atomic mass is 35.5. The largest absolute Gasteiger partial charge is 0.486 e. The Kier molecular flexibility index (Phi) is 7.22. The normalized spacial score (nSPS) is 24.1. The average molecular weight is 573 g/mol. The fourth-order valence-corrected chi connectivity index (χ4v) is 6.06. The first-order valence-corrected chi connectivity index (χ1v) is 13.7. The average Bonchev–Trinajstić information content (AvgIpc) is 3.54. The van der Waals surface area contributed by atoms with Crippen molar-refractivity contribution in [2.45, 2.75) is 56.4 Å². The number of aromatic nitrogens is 2. The number of fused-ring (bicyclic) bond motifs is 3. The van der Waals surface area contributed by atoms with Crippen molar-refractivity contribution in [1.82, 2.24) is 14.9 Å². The number of piperidine rings is 1. The Bertz CT molecular complexity index is 1420. The summed E-state index contributed by atoms with van der Waals surface area (Å²) in [6, 6.07) is 6.88. The van der Waals surface area contributed by atoms with Crippen LogP contribution in [0.4, 0.5) is 15.9 Å². The van der Waals surface area contributed by atoms with E-state index in [1.54, 1.807) is 0 Å². The lowest BCUT2D eigenvalue weighted by Crippen LogP contribution is -2.48. The molecule has 6 rings (SSSR count). The third-order valence-electron chi connectivity index (χ3n) is 7.58. The van der Waals surface area contributed by atoms with Gasteiger partial charge in [0.25, 0.3) is 0 Å². The van der Waals surface area contributed by atoms with Crippen LogP contribution in [-0.4, -0.2) is 58.3 Å². The van der Waals surface area contributed by atoms with Crippen LogP contribution >= 0.6 is 23.2 Å². The van der Waals surface area contributed by atoms with Crippen LogP contribution in [0.1, 0.15) is 32.1 Å². The highest BCUT2D eigenvalue weighted by Crippen LogP contribution is 2.42. The van der Waals surface area contributed by atoms with Crippen molar-refractivity contribution in [2.75, 3.05) is 18.5 Å². The van der Waals surface area contributed by atoms with Crippen LogP contribution in [0.15, 0.2) is 43.2 Å².